The molecular weight excluding hydrogens is 388 g/mol. The van der Waals surface area contributed by atoms with Gasteiger partial charge in [-0.1, -0.05) is 6.07 Å². The van der Waals surface area contributed by atoms with E-state index in [1.54, 1.807) is 22.7 Å². The second-order valence-electron chi connectivity index (χ2n) is 7.73. The maximum atomic E-state index is 5.83. The zero-order valence-electron chi connectivity index (χ0n) is 16.5. The average Bonchev–Trinajstić information content (AvgIpc) is 3.45. The Balaban J connectivity index is 1.43. The molecule has 5 rings (SSSR count). The smallest absolute Gasteiger partial charge is 0.173 e. The van der Waals surface area contributed by atoms with Crippen molar-refractivity contribution < 1.29 is 4.74 Å². The number of aromatic nitrogens is 2. The summed E-state index contributed by atoms with van der Waals surface area (Å²) in [5.74, 6) is 1.98. The van der Waals surface area contributed by atoms with E-state index in [1.807, 2.05) is 0 Å². The van der Waals surface area contributed by atoms with Gasteiger partial charge in [-0.15, -0.1) is 22.7 Å². The van der Waals surface area contributed by atoms with Crippen LogP contribution < -0.4 is 4.90 Å². The molecule has 28 heavy (non-hydrogen) atoms. The average molecular weight is 415 g/mol. The van der Waals surface area contributed by atoms with Gasteiger partial charge in [0.2, 0.25) is 0 Å². The van der Waals surface area contributed by atoms with Crippen molar-refractivity contribution >= 4 is 38.7 Å². The number of piperazine rings is 1. The molecule has 2 aliphatic heterocycles. The molecule has 0 amide bonds. The van der Waals surface area contributed by atoms with Crippen molar-refractivity contribution in [1.82, 2.24) is 14.9 Å². The number of anilines is 1. The molecular formula is C21H26N4OS2. The van der Waals surface area contributed by atoms with Crippen molar-refractivity contribution in [3.05, 3.63) is 28.0 Å². The van der Waals surface area contributed by atoms with Crippen LogP contribution in [0.25, 0.3) is 20.9 Å². The number of aryl methyl sites for hydroxylation is 2. The molecule has 0 radical (unpaired) electrons. The maximum Gasteiger partial charge on any atom is 0.173 e. The standard InChI is InChI=1S/C21H26N4OS2/c1-14-15(2)28-21-18(14)20(22-19(23-21)17-6-4-12-27-17)25-9-7-24(8-10-25)13-16-5-3-11-26-16/h4,6,12,16H,3,5,7-11,13H2,1-2H3/t16-/m0/s1. The van der Waals surface area contributed by atoms with E-state index in [0.29, 0.717) is 6.10 Å². The summed E-state index contributed by atoms with van der Waals surface area (Å²) in [5.41, 5.74) is 1.33. The molecule has 0 bridgehead atoms. The van der Waals surface area contributed by atoms with Gasteiger partial charge in [0, 0.05) is 44.2 Å². The number of hydrogen-bond acceptors (Lipinski definition) is 7. The van der Waals surface area contributed by atoms with Crippen molar-refractivity contribution in [2.75, 3.05) is 44.2 Å². The van der Waals surface area contributed by atoms with Crippen molar-refractivity contribution in [2.24, 2.45) is 0 Å². The lowest BCUT2D eigenvalue weighted by Crippen LogP contribution is -2.48. The molecule has 0 spiro atoms. The van der Waals surface area contributed by atoms with Crippen LogP contribution in [0.4, 0.5) is 5.82 Å². The van der Waals surface area contributed by atoms with Crippen LogP contribution in [0.5, 0.6) is 0 Å². The van der Waals surface area contributed by atoms with Crippen LogP contribution in [0.1, 0.15) is 23.3 Å². The molecule has 7 heteroatoms. The molecule has 0 unspecified atom stereocenters. The van der Waals surface area contributed by atoms with E-state index in [0.717, 1.165) is 60.7 Å². The predicted octanol–water partition coefficient (Wildman–Crippen LogP) is 4.34. The van der Waals surface area contributed by atoms with Gasteiger partial charge in [0.25, 0.3) is 0 Å². The van der Waals surface area contributed by atoms with Gasteiger partial charge in [0.15, 0.2) is 5.82 Å². The summed E-state index contributed by atoms with van der Waals surface area (Å²) in [6, 6.07) is 4.19. The molecule has 0 saturated carbocycles. The summed E-state index contributed by atoms with van der Waals surface area (Å²) < 4.78 is 5.83. The number of thiophene rings is 2. The highest BCUT2D eigenvalue weighted by atomic mass is 32.1. The number of nitrogens with zero attached hydrogens (tertiary/aromatic N) is 4. The Labute approximate surface area is 174 Å². The highest BCUT2D eigenvalue weighted by Gasteiger charge is 2.26. The highest BCUT2D eigenvalue weighted by Crippen LogP contribution is 2.37. The monoisotopic (exact) mass is 414 g/mol. The Bertz CT molecular complexity index is 955. The lowest BCUT2D eigenvalue weighted by Gasteiger charge is -2.36. The number of ether oxygens (including phenoxy) is 1. The zero-order valence-corrected chi connectivity index (χ0v) is 18.1. The van der Waals surface area contributed by atoms with Crippen molar-refractivity contribution in [2.45, 2.75) is 32.8 Å². The van der Waals surface area contributed by atoms with E-state index in [9.17, 15) is 0 Å². The molecule has 0 N–H and O–H groups in total. The van der Waals surface area contributed by atoms with Gasteiger partial charge in [-0.05, 0) is 43.7 Å². The molecule has 0 aliphatic carbocycles. The Hall–Kier alpha value is -1.54. The molecule has 2 fully saturated rings. The second kappa shape index (κ2) is 7.71. The summed E-state index contributed by atoms with van der Waals surface area (Å²) in [4.78, 5) is 18.6. The fourth-order valence-electron chi connectivity index (χ4n) is 4.19. The quantitative estimate of drug-likeness (QED) is 0.635. The first-order valence-corrected chi connectivity index (χ1v) is 11.8. The SMILES string of the molecule is Cc1sc2nc(-c3cccs3)nc(N3CCN(C[C@@H]4CCCO4)CC3)c2c1C. The molecule has 5 heterocycles. The van der Waals surface area contributed by atoms with E-state index in [4.69, 9.17) is 14.7 Å². The van der Waals surface area contributed by atoms with E-state index in [-0.39, 0.29) is 0 Å². The molecule has 2 aliphatic rings. The zero-order chi connectivity index (χ0) is 19.1. The van der Waals surface area contributed by atoms with Crippen molar-refractivity contribution in [1.29, 1.82) is 0 Å². The minimum atomic E-state index is 0.435. The molecule has 3 aromatic heterocycles. The molecule has 0 aromatic carbocycles. The largest absolute Gasteiger partial charge is 0.377 e. The summed E-state index contributed by atoms with van der Waals surface area (Å²) >= 11 is 3.50. The molecule has 1 atom stereocenters. The van der Waals surface area contributed by atoms with Gasteiger partial charge in [-0.2, -0.15) is 0 Å². The van der Waals surface area contributed by atoms with Gasteiger partial charge in [0.05, 0.1) is 16.4 Å². The normalized spacial score (nSPS) is 21.1. The number of fused-ring (bicyclic) bond motifs is 1. The van der Waals surface area contributed by atoms with Crippen LogP contribution >= 0.6 is 22.7 Å². The topological polar surface area (TPSA) is 41.5 Å². The third-order valence-electron chi connectivity index (χ3n) is 5.91. The first-order chi connectivity index (χ1) is 13.7. The summed E-state index contributed by atoms with van der Waals surface area (Å²) in [6.45, 7) is 10.6. The van der Waals surface area contributed by atoms with Crippen molar-refractivity contribution in [3.8, 4) is 10.7 Å². The maximum absolute atomic E-state index is 5.83. The van der Waals surface area contributed by atoms with Gasteiger partial charge in [0.1, 0.15) is 10.6 Å². The summed E-state index contributed by atoms with van der Waals surface area (Å²) in [7, 11) is 0. The summed E-state index contributed by atoms with van der Waals surface area (Å²) in [5, 5.41) is 3.34. The Morgan fingerprint density at radius 3 is 2.75 bits per heavy atom. The third kappa shape index (κ3) is 3.45. The van der Waals surface area contributed by atoms with Crippen molar-refractivity contribution in [3.63, 3.8) is 0 Å². The van der Waals surface area contributed by atoms with Crippen LogP contribution in [0, 0.1) is 13.8 Å². The summed E-state index contributed by atoms with van der Waals surface area (Å²) in [6.07, 6.45) is 2.86. The van der Waals surface area contributed by atoms with Crippen LogP contribution in [-0.4, -0.2) is 60.3 Å². The first kappa shape index (κ1) is 18.5. The van der Waals surface area contributed by atoms with Crippen LogP contribution in [0.2, 0.25) is 0 Å². The van der Waals surface area contributed by atoms with Gasteiger partial charge < -0.3 is 9.64 Å². The fourth-order valence-corrected chi connectivity index (χ4v) is 5.87. The third-order valence-corrected chi connectivity index (χ3v) is 7.88. The fraction of sp³-hybridized carbons (Fsp3) is 0.524. The minimum Gasteiger partial charge on any atom is -0.377 e. The molecule has 5 nitrogen and oxygen atoms in total. The van der Waals surface area contributed by atoms with Crippen LogP contribution in [0.15, 0.2) is 17.5 Å². The minimum absolute atomic E-state index is 0.435. The van der Waals surface area contributed by atoms with E-state index in [1.165, 1.54) is 28.7 Å². The van der Waals surface area contributed by atoms with Gasteiger partial charge >= 0.3 is 0 Å². The highest BCUT2D eigenvalue weighted by molar-refractivity contribution is 7.19. The van der Waals surface area contributed by atoms with Gasteiger partial charge in [-0.25, -0.2) is 9.97 Å². The van der Waals surface area contributed by atoms with E-state index in [2.05, 4.69) is 41.2 Å². The van der Waals surface area contributed by atoms with E-state index < -0.39 is 0 Å². The molecule has 2 saturated heterocycles. The lowest BCUT2D eigenvalue weighted by molar-refractivity contribution is 0.0712. The Kier molecular flexibility index (Phi) is 5.09. The number of hydrogen-bond donors (Lipinski definition) is 0. The van der Waals surface area contributed by atoms with E-state index >= 15 is 0 Å². The second-order valence-corrected chi connectivity index (χ2v) is 9.89. The van der Waals surface area contributed by atoms with Crippen LogP contribution in [0.3, 0.4) is 0 Å². The van der Waals surface area contributed by atoms with Crippen LogP contribution in [-0.2, 0) is 4.74 Å². The molecule has 3 aromatic rings. The Morgan fingerprint density at radius 2 is 2.04 bits per heavy atom. The lowest BCUT2D eigenvalue weighted by atomic mass is 10.1. The molecule has 148 valence electrons. The first-order valence-electron chi connectivity index (χ1n) is 10.1. The number of rotatable bonds is 4. The van der Waals surface area contributed by atoms with Gasteiger partial charge in [-0.3, -0.25) is 4.90 Å². The Morgan fingerprint density at radius 1 is 1.18 bits per heavy atom. The predicted molar refractivity (Wildman–Crippen MR) is 118 cm³/mol.